The number of thiophene rings is 1. The number of hydrogen-bond donors (Lipinski definition) is 0. The summed E-state index contributed by atoms with van der Waals surface area (Å²) in [6, 6.07) is 7.92. The van der Waals surface area contributed by atoms with E-state index in [1.165, 1.54) is 10.4 Å². The molecule has 0 N–H and O–H groups in total. The lowest BCUT2D eigenvalue weighted by molar-refractivity contribution is -0.132. The summed E-state index contributed by atoms with van der Waals surface area (Å²) in [4.78, 5) is 20.1. The number of hydrogen-bond acceptors (Lipinski definition) is 6. The molecule has 1 aliphatic carbocycles. The minimum atomic E-state index is 0.00425. The molecule has 1 aliphatic heterocycles. The van der Waals surface area contributed by atoms with Gasteiger partial charge in [-0.3, -0.25) is 4.79 Å². The van der Waals surface area contributed by atoms with Crippen molar-refractivity contribution in [2.24, 2.45) is 16.3 Å². The fourth-order valence-corrected chi connectivity index (χ4v) is 5.95. The van der Waals surface area contributed by atoms with Crippen molar-refractivity contribution in [2.75, 3.05) is 26.8 Å². The zero-order valence-corrected chi connectivity index (χ0v) is 21.3. The Morgan fingerprint density at radius 3 is 2.74 bits per heavy atom. The quantitative estimate of drug-likeness (QED) is 0.511. The molecule has 4 rings (SSSR count). The van der Waals surface area contributed by atoms with Gasteiger partial charge in [0.05, 0.1) is 12.7 Å². The van der Waals surface area contributed by atoms with Crippen LogP contribution in [0.3, 0.4) is 0 Å². The average Bonchev–Trinajstić information content (AvgIpc) is 3.48. The summed E-state index contributed by atoms with van der Waals surface area (Å²) in [5.74, 6) is 1.71. The van der Waals surface area contributed by atoms with Crippen molar-refractivity contribution in [3.63, 3.8) is 0 Å². The molecule has 1 fully saturated rings. The number of nitriles is 1. The standard InChI is InChI=1S/C27H33N3O3S/c1-27(2,3)19-8-9-20-21(15-28)26(34-24(20)14-19)29-16-18-7-10-22(23(13-18)32-4)33-17-25(31)30-11-5-6-12-30/h7,10,13,16,19H,5-6,8-9,11-12,14,17H2,1-4H3/t19-/m1/s1. The van der Waals surface area contributed by atoms with Crippen LogP contribution in [0.15, 0.2) is 23.2 Å². The van der Waals surface area contributed by atoms with Gasteiger partial charge in [-0.2, -0.15) is 5.26 Å². The molecule has 1 saturated heterocycles. The normalized spacial score (nSPS) is 18.1. The van der Waals surface area contributed by atoms with Gasteiger partial charge in [0.2, 0.25) is 0 Å². The third-order valence-corrected chi connectivity index (χ3v) is 8.07. The van der Waals surface area contributed by atoms with Crippen LogP contribution in [0.1, 0.15) is 61.6 Å². The largest absolute Gasteiger partial charge is 0.493 e. The Kier molecular flexibility index (Phi) is 7.27. The number of rotatable bonds is 6. The van der Waals surface area contributed by atoms with Crippen LogP contribution in [-0.4, -0.2) is 43.8 Å². The predicted molar refractivity (Wildman–Crippen MR) is 136 cm³/mol. The number of aliphatic imine (C=N–C) groups is 1. The van der Waals surface area contributed by atoms with Crippen molar-refractivity contribution in [3.8, 4) is 17.6 Å². The van der Waals surface area contributed by atoms with E-state index in [0.717, 1.165) is 61.3 Å². The molecule has 1 amide bonds. The van der Waals surface area contributed by atoms with Crippen molar-refractivity contribution in [1.29, 1.82) is 5.26 Å². The zero-order valence-electron chi connectivity index (χ0n) is 20.5. The number of benzene rings is 1. The van der Waals surface area contributed by atoms with Gasteiger partial charge < -0.3 is 14.4 Å². The van der Waals surface area contributed by atoms with Gasteiger partial charge in [0.25, 0.3) is 5.91 Å². The highest BCUT2D eigenvalue weighted by molar-refractivity contribution is 7.16. The van der Waals surface area contributed by atoms with Crippen molar-refractivity contribution in [3.05, 3.63) is 39.8 Å². The number of carbonyl (C=O) groups excluding carboxylic acids is 1. The highest BCUT2D eigenvalue weighted by Gasteiger charge is 2.32. The van der Waals surface area contributed by atoms with Gasteiger partial charge in [-0.25, -0.2) is 4.99 Å². The molecular weight excluding hydrogens is 446 g/mol. The smallest absolute Gasteiger partial charge is 0.260 e. The highest BCUT2D eigenvalue weighted by atomic mass is 32.1. The minimum Gasteiger partial charge on any atom is -0.493 e. The molecule has 1 aromatic carbocycles. The Morgan fingerprint density at radius 1 is 1.29 bits per heavy atom. The monoisotopic (exact) mass is 479 g/mol. The maximum atomic E-state index is 12.3. The molecule has 1 atom stereocenters. The number of likely N-dealkylation sites (tertiary alicyclic amines) is 1. The van der Waals surface area contributed by atoms with Crippen LogP contribution < -0.4 is 9.47 Å². The molecule has 0 spiro atoms. The van der Waals surface area contributed by atoms with Gasteiger partial charge in [-0.05, 0) is 72.8 Å². The van der Waals surface area contributed by atoms with E-state index in [2.05, 4.69) is 31.8 Å². The number of carbonyl (C=O) groups is 1. The van der Waals surface area contributed by atoms with Crippen LogP contribution in [0, 0.1) is 22.7 Å². The highest BCUT2D eigenvalue weighted by Crippen LogP contribution is 2.45. The average molecular weight is 480 g/mol. The second kappa shape index (κ2) is 10.2. The van der Waals surface area contributed by atoms with Crippen LogP contribution in [0.4, 0.5) is 5.00 Å². The first kappa shape index (κ1) is 24.3. The predicted octanol–water partition coefficient (Wildman–Crippen LogP) is 5.53. The third kappa shape index (κ3) is 5.28. The van der Waals surface area contributed by atoms with E-state index in [9.17, 15) is 10.1 Å². The molecule has 0 radical (unpaired) electrons. The van der Waals surface area contributed by atoms with Crippen molar-refractivity contribution in [1.82, 2.24) is 4.90 Å². The van der Waals surface area contributed by atoms with E-state index in [-0.39, 0.29) is 17.9 Å². The maximum Gasteiger partial charge on any atom is 0.260 e. The Balaban J connectivity index is 1.48. The van der Waals surface area contributed by atoms with Crippen LogP contribution in [0.5, 0.6) is 11.5 Å². The van der Waals surface area contributed by atoms with Crippen LogP contribution in [0.25, 0.3) is 0 Å². The summed E-state index contributed by atoms with van der Waals surface area (Å²) >= 11 is 1.64. The summed E-state index contributed by atoms with van der Waals surface area (Å²) in [5.41, 5.74) is 3.01. The van der Waals surface area contributed by atoms with E-state index in [1.54, 1.807) is 30.7 Å². The lowest BCUT2D eigenvalue weighted by Gasteiger charge is -2.33. The first-order valence-corrected chi connectivity index (χ1v) is 12.8. The van der Waals surface area contributed by atoms with E-state index in [4.69, 9.17) is 9.47 Å². The van der Waals surface area contributed by atoms with Crippen LogP contribution in [0.2, 0.25) is 0 Å². The fourth-order valence-electron chi connectivity index (χ4n) is 4.73. The van der Waals surface area contributed by atoms with E-state index in [1.807, 2.05) is 17.0 Å². The maximum absolute atomic E-state index is 12.3. The summed E-state index contributed by atoms with van der Waals surface area (Å²) < 4.78 is 11.2. The molecule has 2 aliphatic rings. The number of ether oxygens (including phenoxy) is 2. The molecule has 0 unspecified atom stereocenters. The van der Waals surface area contributed by atoms with Gasteiger partial charge in [0.15, 0.2) is 18.1 Å². The summed E-state index contributed by atoms with van der Waals surface area (Å²) in [5, 5.41) is 10.6. The van der Waals surface area contributed by atoms with Crippen molar-refractivity contribution >= 4 is 28.5 Å². The number of amides is 1. The minimum absolute atomic E-state index is 0.00425. The Labute approximate surface area is 206 Å². The fraction of sp³-hybridized carbons (Fsp3) is 0.519. The Morgan fingerprint density at radius 2 is 2.06 bits per heavy atom. The molecule has 0 bridgehead atoms. The lowest BCUT2D eigenvalue weighted by Crippen LogP contribution is -2.32. The van der Waals surface area contributed by atoms with Gasteiger partial charge in [-0.1, -0.05) is 20.8 Å². The second-order valence-corrected chi connectivity index (χ2v) is 11.2. The van der Waals surface area contributed by atoms with E-state index < -0.39 is 0 Å². The summed E-state index contributed by atoms with van der Waals surface area (Å²) in [7, 11) is 1.58. The second-order valence-electron chi connectivity index (χ2n) is 10.1. The number of nitrogens with zero attached hydrogens (tertiary/aromatic N) is 3. The van der Waals surface area contributed by atoms with Crippen LogP contribution >= 0.6 is 11.3 Å². The number of methoxy groups -OCH3 is 1. The van der Waals surface area contributed by atoms with Gasteiger partial charge >= 0.3 is 0 Å². The molecule has 34 heavy (non-hydrogen) atoms. The lowest BCUT2D eigenvalue weighted by atomic mass is 9.72. The van der Waals surface area contributed by atoms with Gasteiger partial charge in [-0.15, -0.1) is 11.3 Å². The molecule has 7 heteroatoms. The topological polar surface area (TPSA) is 74.9 Å². The van der Waals surface area contributed by atoms with Crippen molar-refractivity contribution in [2.45, 2.75) is 52.9 Å². The molecule has 180 valence electrons. The molecule has 1 aromatic heterocycles. The molecule has 2 heterocycles. The summed E-state index contributed by atoms with van der Waals surface area (Å²) in [6.45, 7) is 8.51. The Hall–Kier alpha value is -2.85. The van der Waals surface area contributed by atoms with Crippen LogP contribution in [-0.2, 0) is 17.6 Å². The molecule has 2 aromatic rings. The van der Waals surface area contributed by atoms with Gasteiger partial charge in [0.1, 0.15) is 11.1 Å². The first-order chi connectivity index (χ1) is 16.3. The molecule has 0 saturated carbocycles. The SMILES string of the molecule is COc1cc(C=Nc2sc3c(c2C#N)CC[C@@H](C(C)(C)C)C3)ccc1OCC(=O)N1CCCC1. The Bertz CT molecular complexity index is 1120. The first-order valence-electron chi connectivity index (χ1n) is 12.0. The van der Waals surface area contributed by atoms with E-state index in [0.29, 0.717) is 17.4 Å². The molecule has 6 nitrogen and oxygen atoms in total. The van der Waals surface area contributed by atoms with Gasteiger partial charge in [0, 0.05) is 24.2 Å². The molecular formula is C27H33N3O3S. The summed E-state index contributed by atoms with van der Waals surface area (Å²) in [6.07, 6.45) is 6.96. The van der Waals surface area contributed by atoms with Crippen molar-refractivity contribution < 1.29 is 14.3 Å². The van der Waals surface area contributed by atoms with E-state index >= 15 is 0 Å². The third-order valence-electron chi connectivity index (χ3n) is 6.91. The zero-order chi connectivity index (χ0) is 24.3. The number of fused-ring (bicyclic) bond motifs is 1.